The van der Waals surface area contributed by atoms with Crippen molar-refractivity contribution in [2.75, 3.05) is 6.54 Å². The minimum Gasteiger partial charge on any atom is -0.308 e. The molecule has 0 bridgehead atoms. The molecule has 1 N–H and O–H groups in total. The van der Waals surface area contributed by atoms with E-state index in [4.69, 9.17) is 0 Å². The molecule has 0 heterocycles. The molecule has 1 aromatic rings. The molecule has 1 rings (SSSR count). The number of benzene rings is 1. The minimum absolute atomic E-state index is 0.0879. The summed E-state index contributed by atoms with van der Waals surface area (Å²) in [6.45, 7) is 9.20. The van der Waals surface area contributed by atoms with Crippen LogP contribution in [0.15, 0.2) is 29.8 Å². The largest absolute Gasteiger partial charge is 0.308 e. The maximum Gasteiger partial charge on any atom is 0.269 e. The van der Waals surface area contributed by atoms with Crippen molar-refractivity contribution in [2.24, 2.45) is 0 Å². The lowest BCUT2D eigenvalue weighted by Crippen LogP contribution is -2.36. The summed E-state index contributed by atoms with van der Waals surface area (Å²) in [7, 11) is 0. The van der Waals surface area contributed by atoms with Gasteiger partial charge in [0.05, 0.1) is 4.92 Å². The molecule has 0 aliphatic rings. The van der Waals surface area contributed by atoms with E-state index in [2.05, 4.69) is 26.1 Å². The first kappa shape index (κ1) is 14.4. The van der Waals surface area contributed by atoms with Gasteiger partial charge >= 0.3 is 0 Å². The molecule has 0 amide bonds. The third kappa shape index (κ3) is 5.10. The van der Waals surface area contributed by atoms with Gasteiger partial charge in [-0.3, -0.25) is 10.1 Å². The average Bonchev–Trinajstić information content (AvgIpc) is 2.26. The fourth-order valence-electron chi connectivity index (χ4n) is 1.43. The van der Waals surface area contributed by atoms with E-state index in [0.717, 1.165) is 12.1 Å². The van der Waals surface area contributed by atoms with E-state index in [1.54, 1.807) is 12.1 Å². The zero-order chi connectivity index (χ0) is 13.8. The van der Waals surface area contributed by atoms with Gasteiger partial charge in [0.2, 0.25) is 0 Å². The van der Waals surface area contributed by atoms with Crippen LogP contribution in [-0.2, 0) is 0 Å². The van der Waals surface area contributed by atoms with E-state index in [9.17, 15) is 10.1 Å². The van der Waals surface area contributed by atoms with Crippen LogP contribution in [0.5, 0.6) is 0 Å². The van der Waals surface area contributed by atoms with Gasteiger partial charge in [-0.05, 0) is 45.4 Å². The van der Waals surface area contributed by atoms with Crippen LogP contribution in [0, 0.1) is 10.1 Å². The highest BCUT2D eigenvalue weighted by Gasteiger charge is 2.08. The third-order valence-corrected chi connectivity index (χ3v) is 2.41. The summed E-state index contributed by atoms with van der Waals surface area (Å²) in [6, 6.07) is 6.57. The van der Waals surface area contributed by atoms with Gasteiger partial charge in [0, 0.05) is 24.2 Å². The molecular formula is C14H20N2O2. The molecule has 0 fully saturated rings. The molecule has 4 nitrogen and oxygen atoms in total. The Bertz CT molecular complexity index is 442. The SMILES string of the molecule is CC(=Cc1ccc([N+](=O)[O-])cc1)CNC(C)(C)C. The molecule has 0 atom stereocenters. The number of nitro benzene ring substituents is 1. The van der Waals surface area contributed by atoms with E-state index in [0.29, 0.717) is 0 Å². The quantitative estimate of drug-likeness (QED) is 0.656. The van der Waals surface area contributed by atoms with Crippen LogP contribution in [0.1, 0.15) is 33.3 Å². The molecule has 0 aromatic heterocycles. The second-order valence-electron chi connectivity index (χ2n) is 5.44. The molecule has 1 aromatic carbocycles. The molecule has 0 radical (unpaired) electrons. The van der Waals surface area contributed by atoms with Crippen molar-refractivity contribution in [3.63, 3.8) is 0 Å². The van der Waals surface area contributed by atoms with Crippen LogP contribution < -0.4 is 5.32 Å². The number of hydrogen-bond acceptors (Lipinski definition) is 3. The summed E-state index contributed by atoms with van der Waals surface area (Å²) in [4.78, 5) is 10.1. The highest BCUT2D eigenvalue weighted by Crippen LogP contribution is 2.14. The van der Waals surface area contributed by atoms with Crippen LogP contribution in [0.4, 0.5) is 5.69 Å². The lowest BCUT2D eigenvalue weighted by Gasteiger charge is -2.20. The van der Waals surface area contributed by atoms with Crippen LogP contribution in [0.3, 0.4) is 0 Å². The molecular weight excluding hydrogens is 228 g/mol. The van der Waals surface area contributed by atoms with Gasteiger partial charge in [-0.1, -0.05) is 11.6 Å². The number of rotatable bonds is 4. The van der Waals surface area contributed by atoms with E-state index in [1.807, 2.05) is 13.0 Å². The summed E-state index contributed by atoms with van der Waals surface area (Å²) < 4.78 is 0. The Hall–Kier alpha value is -1.68. The zero-order valence-electron chi connectivity index (χ0n) is 11.4. The monoisotopic (exact) mass is 248 g/mol. The number of nitrogens with one attached hydrogen (secondary N) is 1. The van der Waals surface area contributed by atoms with Crippen molar-refractivity contribution >= 4 is 11.8 Å². The predicted octanol–water partition coefficient (Wildman–Crippen LogP) is 3.39. The maximum atomic E-state index is 10.5. The predicted molar refractivity (Wildman–Crippen MR) is 74.5 cm³/mol. The number of non-ortho nitro benzene ring substituents is 1. The Balaban J connectivity index is 2.68. The minimum atomic E-state index is -0.387. The molecule has 0 aliphatic heterocycles. The van der Waals surface area contributed by atoms with Gasteiger partial charge in [-0.2, -0.15) is 0 Å². The highest BCUT2D eigenvalue weighted by atomic mass is 16.6. The molecule has 0 saturated carbocycles. The normalized spacial score (nSPS) is 12.6. The van der Waals surface area contributed by atoms with Crippen molar-refractivity contribution in [1.29, 1.82) is 0 Å². The molecule has 98 valence electrons. The van der Waals surface area contributed by atoms with Gasteiger partial charge in [0.15, 0.2) is 0 Å². The Labute approximate surface area is 108 Å². The van der Waals surface area contributed by atoms with Crippen molar-refractivity contribution in [3.05, 3.63) is 45.5 Å². The molecule has 0 unspecified atom stereocenters. The van der Waals surface area contributed by atoms with E-state index in [-0.39, 0.29) is 16.1 Å². The van der Waals surface area contributed by atoms with Crippen molar-refractivity contribution < 1.29 is 4.92 Å². The second kappa shape index (κ2) is 5.78. The first-order valence-corrected chi connectivity index (χ1v) is 5.94. The fraction of sp³-hybridized carbons (Fsp3) is 0.429. The second-order valence-corrected chi connectivity index (χ2v) is 5.44. The van der Waals surface area contributed by atoms with Crippen molar-refractivity contribution in [3.8, 4) is 0 Å². The van der Waals surface area contributed by atoms with Crippen LogP contribution in [-0.4, -0.2) is 17.0 Å². The standard InChI is InChI=1S/C14H20N2O2/c1-11(10-15-14(2,3)4)9-12-5-7-13(8-6-12)16(17)18/h5-9,15H,10H2,1-4H3. The highest BCUT2D eigenvalue weighted by molar-refractivity contribution is 5.54. The summed E-state index contributed by atoms with van der Waals surface area (Å²) in [5.41, 5.74) is 2.38. The molecule has 4 heteroatoms. The Kier molecular flexibility index (Phi) is 4.62. The molecule has 0 aliphatic carbocycles. The third-order valence-electron chi connectivity index (χ3n) is 2.41. The lowest BCUT2D eigenvalue weighted by molar-refractivity contribution is -0.384. The summed E-state index contributed by atoms with van der Waals surface area (Å²) in [5, 5.41) is 13.9. The first-order valence-electron chi connectivity index (χ1n) is 5.94. The topological polar surface area (TPSA) is 55.2 Å². The molecule has 18 heavy (non-hydrogen) atoms. The summed E-state index contributed by atoms with van der Waals surface area (Å²) in [5.74, 6) is 0. The number of hydrogen-bond donors (Lipinski definition) is 1. The van der Waals surface area contributed by atoms with E-state index in [1.165, 1.54) is 17.7 Å². The van der Waals surface area contributed by atoms with Gasteiger partial charge in [0.25, 0.3) is 5.69 Å². The van der Waals surface area contributed by atoms with E-state index < -0.39 is 0 Å². The van der Waals surface area contributed by atoms with Gasteiger partial charge in [-0.15, -0.1) is 0 Å². The van der Waals surface area contributed by atoms with Crippen LogP contribution >= 0.6 is 0 Å². The van der Waals surface area contributed by atoms with Gasteiger partial charge in [-0.25, -0.2) is 0 Å². The van der Waals surface area contributed by atoms with Crippen LogP contribution in [0.2, 0.25) is 0 Å². The Morgan fingerprint density at radius 2 is 1.89 bits per heavy atom. The summed E-state index contributed by atoms with van der Waals surface area (Å²) in [6.07, 6.45) is 2.03. The zero-order valence-corrected chi connectivity index (χ0v) is 11.4. The number of nitro groups is 1. The lowest BCUT2D eigenvalue weighted by atomic mass is 10.1. The average molecular weight is 248 g/mol. The molecule has 0 saturated heterocycles. The first-order chi connectivity index (χ1) is 8.28. The fourth-order valence-corrected chi connectivity index (χ4v) is 1.43. The van der Waals surface area contributed by atoms with Crippen molar-refractivity contribution in [1.82, 2.24) is 5.32 Å². The maximum absolute atomic E-state index is 10.5. The summed E-state index contributed by atoms with van der Waals surface area (Å²) >= 11 is 0. The van der Waals surface area contributed by atoms with E-state index >= 15 is 0 Å². The number of nitrogens with zero attached hydrogens (tertiary/aromatic N) is 1. The van der Waals surface area contributed by atoms with Crippen molar-refractivity contribution in [2.45, 2.75) is 33.2 Å². The van der Waals surface area contributed by atoms with Gasteiger partial charge in [0.1, 0.15) is 0 Å². The van der Waals surface area contributed by atoms with Gasteiger partial charge < -0.3 is 5.32 Å². The molecule has 0 spiro atoms. The van der Waals surface area contributed by atoms with Crippen LogP contribution in [0.25, 0.3) is 6.08 Å². The Morgan fingerprint density at radius 3 is 2.33 bits per heavy atom. The Morgan fingerprint density at radius 1 is 1.33 bits per heavy atom. The smallest absolute Gasteiger partial charge is 0.269 e.